The molecule has 1 unspecified atom stereocenters. The number of rotatable bonds is 4. The molecule has 0 spiro atoms. The number of likely N-dealkylation sites (tertiary alicyclic amines) is 1. The summed E-state index contributed by atoms with van der Waals surface area (Å²) in [6, 6.07) is 1.66. The Balaban J connectivity index is 0.00000128. The van der Waals surface area contributed by atoms with Crippen LogP contribution in [0.5, 0.6) is 0 Å². The molecule has 0 radical (unpaired) electrons. The van der Waals surface area contributed by atoms with Gasteiger partial charge in [0, 0.05) is 37.3 Å². The molecule has 0 bridgehead atoms. The maximum Gasteiger partial charge on any atom is 0.0233 e. The van der Waals surface area contributed by atoms with Crippen LogP contribution in [0.4, 0.5) is 0 Å². The van der Waals surface area contributed by atoms with Gasteiger partial charge in [-0.3, -0.25) is 4.90 Å². The molecule has 1 saturated heterocycles. The van der Waals surface area contributed by atoms with Crippen molar-refractivity contribution in [3.63, 3.8) is 0 Å². The van der Waals surface area contributed by atoms with Gasteiger partial charge in [0.15, 0.2) is 0 Å². The van der Waals surface area contributed by atoms with Crippen LogP contribution < -0.4 is 5.73 Å². The van der Waals surface area contributed by atoms with Gasteiger partial charge in [0.05, 0.1) is 0 Å². The first-order valence-electron chi connectivity index (χ1n) is 6.19. The largest absolute Gasteiger partial charge is 0.324 e. The number of halogens is 1. The second-order valence-corrected chi connectivity index (χ2v) is 6.07. The van der Waals surface area contributed by atoms with Crippen molar-refractivity contribution in [2.24, 2.45) is 5.73 Å². The fourth-order valence-electron chi connectivity index (χ4n) is 2.67. The zero-order chi connectivity index (χ0) is 11.1. The van der Waals surface area contributed by atoms with Gasteiger partial charge in [-0.05, 0) is 40.2 Å². The number of nitrogens with two attached hydrogens (primary N) is 1. The lowest BCUT2D eigenvalue weighted by Gasteiger charge is -2.31. The van der Waals surface area contributed by atoms with E-state index < -0.39 is 0 Å². The van der Waals surface area contributed by atoms with E-state index in [0.29, 0.717) is 0 Å². The first-order chi connectivity index (χ1) is 6.96. The minimum atomic E-state index is -0.0677. The molecule has 96 valence electrons. The van der Waals surface area contributed by atoms with Crippen LogP contribution in [-0.2, 0) is 0 Å². The van der Waals surface area contributed by atoms with E-state index >= 15 is 0 Å². The van der Waals surface area contributed by atoms with Crippen molar-refractivity contribution in [3.05, 3.63) is 0 Å². The Morgan fingerprint density at radius 1 is 1.31 bits per heavy atom. The third-order valence-corrected chi connectivity index (χ3v) is 3.54. The molecule has 2 rings (SSSR count). The lowest BCUT2D eigenvalue weighted by molar-refractivity contribution is 0.196. The van der Waals surface area contributed by atoms with Crippen molar-refractivity contribution < 1.29 is 0 Å². The molecule has 2 fully saturated rings. The van der Waals surface area contributed by atoms with E-state index in [0.717, 1.165) is 18.6 Å². The van der Waals surface area contributed by atoms with Crippen LogP contribution in [0.25, 0.3) is 0 Å². The van der Waals surface area contributed by atoms with E-state index in [2.05, 4.69) is 30.7 Å². The van der Waals surface area contributed by atoms with Gasteiger partial charge in [0.2, 0.25) is 0 Å². The molecular formula is C12H26ClN3. The Morgan fingerprint density at radius 3 is 2.44 bits per heavy atom. The lowest BCUT2D eigenvalue weighted by atomic mass is 10.1. The number of nitrogens with zero attached hydrogens (tertiary/aromatic N) is 2. The van der Waals surface area contributed by atoms with Crippen LogP contribution in [0, 0.1) is 0 Å². The van der Waals surface area contributed by atoms with E-state index in [1.165, 1.54) is 32.4 Å². The van der Waals surface area contributed by atoms with Gasteiger partial charge in [-0.15, -0.1) is 12.4 Å². The van der Waals surface area contributed by atoms with Crippen LogP contribution >= 0.6 is 12.4 Å². The molecule has 2 N–H and O–H groups in total. The van der Waals surface area contributed by atoms with Crippen molar-refractivity contribution in [2.45, 2.75) is 50.7 Å². The van der Waals surface area contributed by atoms with Crippen molar-refractivity contribution >= 4 is 12.4 Å². The Bertz CT molecular complexity index is 223. The van der Waals surface area contributed by atoms with Crippen LogP contribution in [0.15, 0.2) is 0 Å². The smallest absolute Gasteiger partial charge is 0.0233 e. The van der Waals surface area contributed by atoms with Crippen molar-refractivity contribution in [1.82, 2.24) is 9.80 Å². The zero-order valence-corrected chi connectivity index (χ0v) is 11.6. The minimum Gasteiger partial charge on any atom is -0.324 e. The summed E-state index contributed by atoms with van der Waals surface area (Å²) in [6.07, 6.45) is 4.18. The average molecular weight is 248 g/mol. The van der Waals surface area contributed by atoms with Gasteiger partial charge in [-0.2, -0.15) is 0 Å². The molecule has 2 aliphatic rings. The number of likely N-dealkylation sites (N-methyl/N-ethyl adjacent to an activating group) is 1. The molecule has 3 nitrogen and oxygen atoms in total. The summed E-state index contributed by atoms with van der Waals surface area (Å²) >= 11 is 0. The third-order valence-electron chi connectivity index (χ3n) is 3.54. The maximum atomic E-state index is 6.06. The molecule has 1 aliphatic heterocycles. The van der Waals surface area contributed by atoms with Crippen molar-refractivity contribution in [3.8, 4) is 0 Å². The predicted molar refractivity (Wildman–Crippen MR) is 71.1 cm³/mol. The van der Waals surface area contributed by atoms with Crippen LogP contribution in [0.1, 0.15) is 33.1 Å². The minimum absolute atomic E-state index is 0. The Morgan fingerprint density at radius 2 is 1.94 bits per heavy atom. The van der Waals surface area contributed by atoms with Gasteiger partial charge in [0.25, 0.3) is 0 Å². The summed E-state index contributed by atoms with van der Waals surface area (Å²) in [7, 11) is 2.22. The standard InChI is InChI=1S/C12H25N3.ClH/c1-12(2,13)9-14(3)11-6-7-15(8-11)10-4-5-10;/h10-11H,4-9,13H2,1-3H3;1H. The SMILES string of the molecule is CN(CC(C)(C)N)C1CCN(C2CC2)C1.Cl. The second-order valence-electron chi connectivity index (χ2n) is 6.07. The van der Waals surface area contributed by atoms with E-state index in [-0.39, 0.29) is 17.9 Å². The topological polar surface area (TPSA) is 32.5 Å². The monoisotopic (exact) mass is 247 g/mol. The Hall–Kier alpha value is 0.170. The summed E-state index contributed by atoms with van der Waals surface area (Å²) in [5.41, 5.74) is 5.99. The van der Waals surface area contributed by atoms with Gasteiger partial charge < -0.3 is 10.6 Å². The van der Waals surface area contributed by atoms with E-state index in [1.807, 2.05) is 0 Å². The van der Waals surface area contributed by atoms with Gasteiger partial charge >= 0.3 is 0 Å². The summed E-state index contributed by atoms with van der Waals surface area (Å²) in [5, 5.41) is 0. The van der Waals surface area contributed by atoms with Gasteiger partial charge in [-0.25, -0.2) is 0 Å². The summed E-state index contributed by atoms with van der Waals surface area (Å²) in [6.45, 7) is 7.77. The van der Waals surface area contributed by atoms with Crippen LogP contribution in [-0.4, -0.2) is 54.1 Å². The molecule has 16 heavy (non-hydrogen) atoms. The Labute approximate surface area is 106 Å². The molecule has 1 saturated carbocycles. The van der Waals surface area contributed by atoms with Gasteiger partial charge in [0.1, 0.15) is 0 Å². The zero-order valence-electron chi connectivity index (χ0n) is 10.8. The molecule has 0 aromatic rings. The molecule has 1 aliphatic carbocycles. The fraction of sp³-hybridized carbons (Fsp3) is 1.00. The van der Waals surface area contributed by atoms with Crippen molar-refractivity contribution in [1.29, 1.82) is 0 Å². The van der Waals surface area contributed by atoms with E-state index in [9.17, 15) is 0 Å². The normalized spacial score (nSPS) is 27.2. The number of hydrogen-bond acceptors (Lipinski definition) is 3. The first kappa shape index (κ1) is 14.2. The summed E-state index contributed by atoms with van der Waals surface area (Å²) in [4.78, 5) is 5.10. The van der Waals surface area contributed by atoms with Gasteiger partial charge in [-0.1, -0.05) is 0 Å². The molecule has 0 aromatic carbocycles. The first-order valence-corrected chi connectivity index (χ1v) is 6.19. The van der Waals surface area contributed by atoms with E-state index in [4.69, 9.17) is 5.73 Å². The highest BCUT2D eigenvalue weighted by molar-refractivity contribution is 5.85. The molecule has 0 amide bonds. The average Bonchev–Trinajstić information content (AvgIpc) is 2.81. The highest BCUT2D eigenvalue weighted by atomic mass is 35.5. The second kappa shape index (κ2) is 5.21. The highest BCUT2D eigenvalue weighted by Gasteiger charge is 2.36. The Kier molecular flexibility index (Phi) is 4.64. The van der Waals surface area contributed by atoms with Crippen LogP contribution in [0.2, 0.25) is 0 Å². The molecule has 1 atom stereocenters. The summed E-state index contributed by atoms with van der Waals surface area (Å²) in [5.74, 6) is 0. The molecule has 1 heterocycles. The predicted octanol–water partition coefficient (Wildman–Crippen LogP) is 1.31. The maximum absolute atomic E-state index is 6.06. The summed E-state index contributed by atoms with van der Waals surface area (Å²) < 4.78 is 0. The quantitative estimate of drug-likeness (QED) is 0.813. The molecule has 4 heteroatoms. The fourth-order valence-corrected chi connectivity index (χ4v) is 2.67. The molecule has 0 aromatic heterocycles. The van der Waals surface area contributed by atoms with Crippen LogP contribution in [0.3, 0.4) is 0 Å². The third kappa shape index (κ3) is 3.88. The lowest BCUT2D eigenvalue weighted by Crippen LogP contribution is -2.48. The molecular weight excluding hydrogens is 222 g/mol. The van der Waals surface area contributed by atoms with E-state index in [1.54, 1.807) is 0 Å². The van der Waals surface area contributed by atoms with Crippen molar-refractivity contribution in [2.75, 3.05) is 26.7 Å². The number of hydrogen-bond donors (Lipinski definition) is 1. The highest BCUT2D eigenvalue weighted by Crippen LogP contribution is 2.30.